The highest BCUT2D eigenvalue weighted by Gasteiger charge is 2.46. The number of para-hydroxylation sites is 1. The molecule has 0 saturated carbocycles. The van der Waals surface area contributed by atoms with Gasteiger partial charge in [-0.2, -0.15) is 0 Å². The van der Waals surface area contributed by atoms with Crippen LogP contribution in [0.4, 0.5) is 0 Å². The van der Waals surface area contributed by atoms with Crippen molar-refractivity contribution in [3.05, 3.63) is 102 Å². The van der Waals surface area contributed by atoms with Gasteiger partial charge in [-0.05, 0) is 18.6 Å². The molecule has 27 heavy (non-hydrogen) atoms. The van der Waals surface area contributed by atoms with Crippen molar-refractivity contribution in [2.45, 2.75) is 32.7 Å². The molecule has 1 atom stereocenters. The summed E-state index contributed by atoms with van der Waals surface area (Å²) in [6.45, 7) is 5.31. The van der Waals surface area contributed by atoms with Crippen LogP contribution in [0.5, 0.6) is 5.75 Å². The van der Waals surface area contributed by atoms with E-state index in [1.807, 2.05) is 0 Å². The van der Waals surface area contributed by atoms with E-state index in [1.54, 1.807) is 0 Å². The smallest absolute Gasteiger partial charge is 0.264 e. The second-order valence-corrected chi connectivity index (χ2v) is 7.24. The average molecular weight is 380 g/mol. The van der Waals surface area contributed by atoms with Gasteiger partial charge in [0.15, 0.2) is 0 Å². The Hall–Kier alpha value is -2.29. The van der Waals surface area contributed by atoms with Gasteiger partial charge in [0.1, 0.15) is 18.8 Å². The van der Waals surface area contributed by atoms with Crippen LogP contribution in [0.15, 0.2) is 84.9 Å². The standard InChI is InChI=1S/C24H26NO.ClH/c1-2-17-25(18-20-11-5-3-6-12-20,19-21-13-7-4-8-14-21)24-22-15-9-10-16-23(22)26-24;/h3-16,24H,2,17-19H2,1H3;1H/q+1;/p-1. The average Bonchev–Trinajstić information content (AvgIpc) is 2.65. The Labute approximate surface area is 168 Å². The van der Waals surface area contributed by atoms with E-state index in [2.05, 4.69) is 91.9 Å². The fourth-order valence-corrected chi connectivity index (χ4v) is 4.16. The molecule has 3 aromatic carbocycles. The summed E-state index contributed by atoms with van der Waals surface area (Å²) in [7, 11) is 0. The number of rotatable bonds is 7. The highest BCUT2D eigenvalue weighted by Crippen LogP contribution is 2.46. The van der Waals surface area contributed by atoms with Gasteiger partial charge in [-0.1, -0.05) is 79.7 Å². The Balaban J connectivity index is 0.00000210. The molecule has 0 aliphatic carbocycles. The van der Waals surface area contributed by atoms with Gasteiger partial charge in [-0.15, -0.1) is 0 Å². The number of benzene rings is 3. The highest BCUT2D eigenvalue weighted by molar-refractivity contribution is 5.40. The van der Waals surface area contributed by atoms with E-state index < -0.39 is 0 Å². The summed E-state index contributed by atoms with van der Waals surface area (Å²) < 4.78 is 7.22. The topological polar surface area (TPSA) is 9.23 Å². The fourth-order valence-electron chi connectivity index (χ4n) is 4.16. The molecule has 4 rings (SSSR count). The number of ether oxygens (including phenoxy) is 1. The Morgan fingerprint density at radius 1 is 0.741 bits per heavy atom. The molecule has 0 aromatic heterocycles. The first-order chi connectivity index (χ1) is 12.8. The molecule has 1 aliphatic heterocycles. The molecule has 3 heteroatoms. The summed E-state index contributed by atoms with van der Waals surface area (Å²) in [5.74, 6) is 1.04. The number of fused-ring (bicyclic) bond motifs is 1. The minimum absolute atomic E-state index is 0. The van der Waals surface area contributed by atoms with E-state index in [4.69, 9.17) is 4.74 Å². The minimum Gasteiger partial charge on any atom is -1.00 e. The minimum atomic E-state index is 0. The Bertz CT molecular complexity index is 809. The van der Waals surface area contributed by atoms with Crippen molar-refractivity contribution < 1.29 is 21.6 Å². The zero-order valence-corrected chi connectivity index (χ0v) is 16.5. The maximum absolute atomic E-state index is 6.32. The predicted molar refractivity (Wildman–Crippen MR) is 106 cm³/mol. The number of hydrogen-bond donors (Lipinski definition) is 0. The second-order valence-electron chi connectivity index (χ2n) is 7.24. The third kappa shape index (κ3) is 4.02. The second kappa shape index (κ2) is 8.60. The maximum Gasteiger partial charge on any atom is 0.264 e. The summed E-state index contributed by atoms with van der Waals surface area (Å²) in [5.41, 5.74) is 4.07. The van der Waals surface area contributed by atoms with E-state index in [9.17, 15) is 0 Å². The van der Waals surface area contributed by atoms with Crippen LogP contribution in [0.2, 0.25) is 0 Å². The molecule has 2 nitrogen and oxygen atoms in total. The first kappa shape index (κ1) is 19.5. The molecule has 1 aliphatic rings. The van der Waals surface area contributed by atoms with Crippen molar-refractivity contribution in [2.75, 3.05) is 6.54 Å². The van der Waals surface area contributed by atoms with Gasteiger partial charge in [0.05, 0.1) is 12.1 Å². The molecule has 0 N–H and O–H groups in total. The molecule has 3 aromatic rings. The van der Waals surface area contributed by atoms with Crippen LogP contribution in [-0.2, 0) is 13.1 Å². The summed E-state index contributed by atoms with van der Waals surface area (Å²) in [5, 5.41) is 0. The Morgan fingerprint density at radius 3 is 1.78 bits per heavy atom. The van der Waals surface area contributed by atoms with E-state index in [1.165, 1.54) is 16.7 Å². The van der Waals surface area contributed by atoms with Crippen LogP contribution >= 0.6 is 0 Å². The SMILES string of the molecule is CCC[N+](Cc1ccccc1)(Cc1ccccc1)C1Oc2ccccc21.[Cl-]. The molecule has 1 unspecified atom stereocenters. The van der Waals surface area contributed by atoms with Gasteiger partial charge < -0.3 is 17.1 Å². The monoisotopic (exact) mass is 379 g/mol. The maximum atomic E-state index is 6.32. The van der Waals surface area contributed by atoms with Crippen LogP contribution in [0.25, 0.3) is 0 Å². The quantitative estimate of drug-likeness (QED) is 0.573. The normalized spacial score (nSPS) is 15.1. The van der Waals surface area contributed by atoms with Crippen molar-refractivity contribution in [1.29, 1.82) is 0 Å². The molecular weight excluding hydrogens is 354 g/mol. The molecule has 0 amide bonds. The van der Waals surface area contributed by atoms with Crippen LogP contribution in [0, 0.1) is 0 Å². The van der Waals surface area contributed by atoms with Gasteiger partial charge in [0.2, 0.25) is 0 Å². The summed E-state index contributed by atoms with van der Waals surface area (Å²) in [6.07, 6.45) is 1.23. The summed E-state index contributed by atoms with van der Waals surface area (Å²) in [4.78, 5) is 0. The zero-order chi connectivity index (χ0) is 17.8. The van der Waals surface area contributed by atoms with Crippen LogP contribution in [0.3, 0.4) is 0 Å². The molecule has 0 saturated heterocycles. The van der Waals surface area contributed by atoms with Crippen molar-refractivity contribution in [3.8, 4) is 5.75 Å². The predicted octanol–water partition coefficient (Wildman–Crippen LogP) is 2.71. The van der Waals surface area contributed by atoms with Crippen molar-refractivity contribution in [2.24, 2.45) is 0 Å². The summed E-state index contributed by atoms with van der Waals surface area (Å²) in [6, 6.07) is 30.1. The number of nitrogens with zero attached hydrogens (tertiary/aromatic N) is 1. The number of hydrogen-bond acceptors (Lipinski definition) is 1. The number of quaternary nitrogens is 1. The highest BCUT2D eigenvalue weighted by atomic mass is 35.5. The fraction of sp³-hybridized carbons (Fsp3) is 0.250. The Kier molecular flexibility index (Phi) is 6.20. The number of halogens is 1. The molecule has 1 heterocycles. The van der Waals surface area contributed by atoms with Gasteiger partial charge in [-0.25, -0.2) is 0 Å². The van der Waals surface area contributed by atoms with Gasteiger partial charge in [0, 0.05) is 11.1 Å². The molecule has 0 fully saturated rings. The van der Waals surface area contributed by atoms with E-state index >= 15 is 0 Å². The lowest BCUT2D eigenvalue weighted by Crippen LogP contribution is -3.00. The summed E-state index contributed by atoms with van der Waals surface area (Å²) >= 11 is 0. The van der Waals surface area contributed by atoms with Gasteiger partial charge in [-0.3, -0.25) is 4.48 Å². The first-order valence-electron chi connectivity index (χ1n) is 9.50. The molecular formula is C24H26ClNO. The first-order valence-corrected chi connectivity index (χ1v) is 9.50. The molecule has 140 valence electrons. The van der Waals surface area contributed by atoms with Crippen molar-refractivity contribution in [1.82, 2.24) is 0 Å². The zero-order valence-electron chi connectivity index (χ0n) is 15.7. The Morgan fingerprint density at radius 2 is 1.26 bits per heavy atom. The van der Waals surface area contributed by atoms with E-state index in [0.717, 1.165) is 36.3 Å². The van der Waals surface area contributed by atoms with Crippen molar-refractivity contribution in [3.63, 3.8) is 0 Å². The third-order valence-electron chi connectivity index (χ3n) is 5.27. The van der Waals surface area contributed by atoms with E-state index in [0.29, 0.717) is 0 Å². The van der Waals surface area contributed by atoms with Crippen LogP contribution in [0.1, 0.15) is 36.3 Å². The lowest BCUT2D eigenvalue weighted by atomic mass is 10.0. The largest absolute Gasteiger partial charge is 1.00 e. The van der Waals surface area contributed by atoms with Crippen LogP contribution < -0.4 is 17.1 Å². The molecule has 0 spiro atoms. The molecule has 0 radical (unpaired) electrons. The third-order valence-corrected chi connectivity index (χ3v) is 5.27. The lowest BCUT2D eigenvalue weighted by Gasteiger charge is -2.48. The lowest BCUT2D eigenvalue weighted by molar-refractivity contribution is -1.00. The van der Waals surface area contributed by atoms with Gasteiger partial charge in [0.25, 0.3) is 6.23 Å². The van der Waals surface area contributed by atoms with Gasteiger partial charge >= 0.3 is 0 Å². The molecule has 0 bridgehead atoms. The van der Waals surface area contributed by atoms with Crippen LogP contribution in [-0.4, -0.2) is 11.0 Å². The van der Waals surface area contributed by atoms with Crippen molar-refractivity contribution >= 4 is 0 Å². The van der Waals surface area contributed by atoms with E-state index in [-0.39, 0.29) is 18.6 Å².